The minimum absolute atomic E-state index is 0.885. The van der Waals surface area contributed by atoms with E-state index in [0.29, 0.717) is 0 Å². The lowest BCUT2D eigenvalue weighted by molar-refractivity contribution is 0.202. The summed E-state index contributed by atoms with van der Waals surface area (Å²) in [5.41, 5.74) is 0. The zero-order valence-corrected chi connectivity index (χ0v) is 11.0. The zero-order chi connectivity index (χ0) is 11.4. The van der Waals surface area contributed by atoms with Gasteiger partial charge in [0, 0.05) is 0 Å². The molecule has 2 fully saturated rings. The molecule has 0 amide bonds. The normalized spacial score (nSPS) is 38.2. The van der Waals surface area contributed by atoms with E-state index in [0.717, 1.165) is 23.7 Å². The van der Waals surface area contributed by atoms with Crippen LogP contribution in [-0.2, 0) is 0 Å². The van der Waals surface area contributed by atoms with Gasteiger partial charge in [0.05, 0.1) is 0 Å². The number of hydrogen-bond donors (Lipinski definition) is 2. The molecule has 3 unspecified atom stereocenters. The molecule has 2 aliphatic heterocycles. The smallest absolute Gasteiger partial charge is 0.00180 e. The number of piperidine rings is 2. The van der Waals surface area contributed by atoms with Crippen LogP contribution in [0.25, 0.3) is 0 Å². The Bertz CT molecular complexity index is 199. The second-order valence-corrected chi connectivity index (χ2v) is 6.18. The van der Waals surface area contributed by atoms with Crippen molar-refractivity contribution in [3.63, 3.8) is 0 Å². The van der Waals surface area contributed by atoms with Crippen molar-refractivity contribution >= 4 is 0 Å². The van der Waals surface area contributed by atoms with E-state index in [1.54, 1.807) is 0 Å². The van der Waals surface area contributed by atoms with Crippen LogP contribution in [0.4, 0.5) is 0 Å². The molecule has 2 aliphatic rings. The molecule has 0 saturated carbocycles. The minimum Gasteiger partial charge on any atom is -0.316 e. The Morgan fingerprint density at radius 1 is 1.19 bits per heavy atom. The summed E-state index contributed by atoms with van der Waals surface area (Å²) in [7, 11) is 0. The quantitative estimate of drug-likeness (QED) is 0.768. The van der Waals surface area contributed by atoms with Crippen LogP contribution >= 0.6 is 0 Å². The lowest BCUT2D eigenvalue weighted by atomic mass is 9.78. The van der Waals surface area contributed by atoms with Gasteiger partial charge in [-0.25, -0.2) is 0 Å². The molecule has 0 spiro atoms. The molecule has 0 aromatic rings. The average molecular weight is 224 g/mol. The number of rotatable bonds is 3. The second kappa shape index (κ2) is 6.02. The van der Waals surface area contributed by atoms with Crippen LogP contribution in [0.1, 0.15) is 39.5 Å². The van der Waals surface area contributed by atoms with Gasteiger partial charge in [-0.05, 0) is 75.5 Å². The maximum Gasteiger partial charge on any atom is -0.00180 e. The molecule has 2 saturated heterocycles. The van der Waals surface area contributed by atoms with Crippen LogP contribution in [0.15, 0.2) is 0 Å². The van der Waals surface area contributed by atoms with Gasteiger partial charge in [-0.3, -0.25) is 0 Å². The van der Waals surface area contributed by atoms with Crippen LogP contribution in [0.3, 0.4) is 0 Å². The molecule has 0 aromatic carbocycles. The van der Waals surface area contributed by atoms with Crippen molar-refractivity contribution < 1.29 is 0 Å². The fraction of sp³-hybridized carbons (Fsp3) is 1.00. The van der Waals surface area contributed by atoms with Crippen molar-refractivity contribution in [2.75, 3.05) is 26.2 Å². The Morgan fingerprint density at radius 3 is 2.75 bits per heavy atom. The van der Waals surface area contributed by atoms with Crippen molar-refractivity contribution in [1.29, 1.82) is 0 Å². The van der Waals surface area contributed by atoms with Crippen molar-refractivity contribution in [2.24, 2.45) is 23.7 Å². The predicted molar refractivity (Wildman–Crippen MR) is 69.5 cm³/mol. The number of hydrogen-bond acceptors (Lipinski definition) is 2. The summed E-state index contributed by atoms with van der Waals surface area (Å²) in [6.07, 6.45) is 5.71. The molecule has 4 atom stereocenters. The van der Waals surface area contributed by atoms with Crippen LogP contribution in [-0.4, -0.2) is 26.2 Å². The molecule has 0 bridgehead atoms. The molecule has 2 N–H and O–H groups in total. The molecular weight excluding hydrogens is 196 g/mol. The molecule has 0 aromatic heterocycles. The van der Waals surface area contributed by atoms with Gasteiger partial charge < -0.3 is 10.6 Å². The van der Waals surface area contributed by atoms with Crippen LogP contribution in [0.2, 0.25) is 0 Å². The van der Waals surface area contributed by atoms with Crippen molar-refractivity contribution in [2.45, 2.75) is 39.5 Å². The van der Waals surface area contributed by atoms with E-state index in [1.807, 2.05) is 0 Å². The topological polar surface area (TPSA) is 24.1 Å². The third kappa shape index (κ3) is 3.46. The highest BCUT2D eigenvalue weighted by molar-refractivity contribution is 4.80. The summed E-state index contributed by atoms with van der Waals surface area (Å²) in [5.74, 6) is 3.66. The highest BCUT2D eigenvalue weighted by atomic mass is 14.9. The molecule has 94 valence electrons. The third-order valence-electron chi connectivity index (χ3n) is 4.51. The first-order valence-corrected chi connectivity index (χ1v) is 7.17. The first-order chi connectivity index (χ1) is 7.75. The van der Waals surface area contributed by atoms with Crippen molar-refractivity contribution in [3.05, 3.63) is 0 Å². The fourth-order valence-electron chi connectivity index (χ4n) is 3.53. The minimum atomic E-state index is 0.885. The van der Waals surface area contributed by atoms with Crippen molar-refractivity contribution in [3.8, 4) is 0 Å². The second-order valence-electron chi connectivity index (χ2n) is 6.18. The summed E-state index contributed by atoms with van der Waals surface area (Å²) in [6.45, 7) is 9.84. The summed E-state index contributed by atoms with van der Waals surface area (Å²) in [5, 5.41) is 7.12. The number of nitrogens with one attached hydrogen (secondary N) is 2. The first-order valence-electron chi connectivity index (χ1n) is 7.17. The molecule has 0 aliphatic carbocycles. The van der Waals surface area contributed by atoms with Gasteiger partial charge in [0.2, 0.25) is 0 Å². The summed E-state index contributed by atoms with van der Waals surface area (Å²) in [4.78, 5) is 0. The first kappa shape index (κ1) is 12.4. The Balaban J connectivity index is 1.74. The van der Waals surface area contributed by atoms with Crippen LogP contribution in [0, 0.1) is 23.7 Å². The lowest BCUT2D eigenvalue weighted by Gasteiger charge is -2.34. The third-order valence-corrected chi connectivity index (χ3v) is 4.51. The van der Waals surface area contributed by atoms with Gasteiger partial charge in [-0.15, -0.1) is 0 Å². The maximum atomic E-state index is 3.58. The standard InChI is InChI=1S/C14H28N2/c1-11-6-13(9-16-8-11)7-12(2)14-4-3-5-15-10-14/h11-16H,3-10H2,1-2H3/t11?,12?,13?,14-/m0/s1. The molecule has 2 heterocycles. The molecule has 16 heavy (non-hydrogen) atoms. The maximum absolute atomic E-state index is 3.58. The van der Waals surface area contributed by atoms with E-state index in [2.05, 4.69) is 24.5 Å². The van der Waals surface area contributed by atoms with E-state index in [9.17, 15) is 0 Å². The average Bonchev–Trinajstić information content (AvgIpc) is 2.30. The Labute approximate surface area is 101 Å². The largest absolute Gasteiger partial charge is 0.316 e. The van der Waals surface area contributed by atoms with Gasteiger partial charge in [-0.2, -0.15) is 0 Å². The SMILES string of the molecule is CC1CNCC(CC(C)[C@H]2CCCNC2)C1. The Kier molecular flexibility index (Phi) is 4.66. The molecular formula is C14H28N2. The zero-order valence-electron chi connectivity index (χ0n) is 11.0. The van der Waals surface area contributed by atoms with Crippen molar-refractivity contribution in [1.82, 2.24) is 10.6 Å². The summed E-state index contributed by atoms with van der Waals surface area (Å²) < 4.78 is 0. The lowest BCUT2D eigenvalue weighted by Crippen LogP contribution is -2.38. The highest BCUT2D eigenvalue weighted by Crippen LogP contribution is 2.29. The molecule has 2 rings (SSSR count). The molecule has 0 radical (unpaired) electrons. The van der Waals surface area contributed by atoms with E-state index < -0.39 is 0 Å². The van der Waals surface area contributed by atoms with Gasteiger partial charge in [-0.1, -0.05) is 13.8 Å². The van der Waals surface area contributed by atoms with E-state index in [4.69, 9.17) is 0 Å². The molecule has 2 heteroatoms. The van der Waals surface area contributed by atoms with E-state index in [1.165, 1.54) is 51.9 Å². The summed E-state index contributed by atoms with van der Waals surface area (Å²) in [6, 6.07) is 0. The Hall–Kier alpha value is -0.0800. The van der Waals surface area contributed by atoms with Gasteiger partial charge in [0.1, 0.15) is 0 Å². The Morgan fingerprint density at radius 2 is 2.06 bits per heavy atom. The van der Waals surface area contributed by atoms with E-state index in [-0.39, 0.29) is 0 Å². The summed E-state index contributed by atoms with van der Waals surface area (Å²) >= 11 is 0. The van der Waals surface area contributed by atoms with Gasteiger partial charge in [0.25, 0.3) is 0 Å². The van der Waals surface area contributed by atoms with Crippen LogP contribution < -0.4 is 10.6 Å². The molecule has 2 nitrogen and oxygen atoms in total. The van der Waals surface area contributed by atoms with Crippen LogP contribution in [0.5, 0.6) is 0 Å². The predicted octanol–water partition coefficient (Wildman–Crippen LogP) is 2.26. The van der Waals surface area contributed by atoms with Gasteiger partial charge >= 0.3 is 0 Å². The monoisotopic (exact) mass is 224 g/mol. The van der Waals surface area contributed by atoms with E-state index >= 15 is 0 Å². The van der Waals surface area contributed by atoms with Gasteiger partial charge in [0.15, 0.2) is 0 Å². The highest BCUT2D eigenvalue weighted by Gasteiger charge is 2.25. The fourth-order valence-corrected chi connectivity index (χ4v) is 3.53.